The van der Waals surface area contributed by atoms with Crippen molar-refractivity contribution in [2.24, 2.45) is 0 Å². The van der Waals surface area contributed by atoms with Crippen molar-refractivity contribution in [3.8, 4) is 5.69 Å². The number of ether oxygens (including phenoxy) is 1. The summed E-state index contributed by atoms with van der Waals surface area (Å²) >= 11 is 0. The zero-order valence-electron chi connectivity index (χ0n) is 16.1. The molecule has 0 spiro atoms. The molecule has 0 saturated carbocycles. The minimum Gasteiger partial charge on any atom is -0.469 e. The number of H-pyrrole nitrogens is 1. The Hall–Kier alpha value is -3.15. The third kappa shape index (κ3) is 3.05. The lowest BCUT2D eigenvalue weighted by atomic mass is 9.99. The summed E-state index contributed by atoms with van der Waals surface area (Å²) in [7, 11) is 1.40. The lowest BCUT2D eigenvalue weighted by Gasteiger charge is -2.15. The molecule has 5 nitrogen and oxygen atoms in total. The summed E-state index contributed by atoms with van der Waals surface area (Å²) in [6, 6.07) is 10.7. The monoisotopic (exact) mass is 379 g/mol. The highest BCUT2D eigenvalue weighted by Crippen LogP contribution is 2.36. The van der Waals surface area contributed by atoms with Gasteiger partial charge in [0.2, 0.25) is 0 Å². The van der Waals surface area contributed by atoms with E-state index in [4.69, 9.17) is 4.74 Å². The number of aromatic nitrogens is 3. The molecule has 6 heteroatoms. The number of hydrogen-bond acceptors (Lipinski definition) is 3. The number of fused-ring (bicyclic) bond motifs is 2. The molecule has 2 aromatic carbocycles. The van der Waals surface area contributed by atoms with Gasteiger partial charge in [0.25, 0.3) is 0 Å². The van der Waals surface area contributed by atoms with Gasteiger partial charge in [0.05, 0.1) is 24.3 Å². The highest BCUT2D eigenvalue weighted by Gasteiger charge is 2.22. The standard InChI is InChI=1S/C22H22FN3O2/c1-13(2)22-17(8-9-21(27)28-3)18-11-19-14(12-24-25-19)10-20(18)26(22)16-6-4-15(23)5-7-16/h4-7,10-13H,8-9H2,1-3H3,(H,24,25). The molecule has 0 aliphatic rings. The molecule has 4 rings (SSSR count). The van der Waals surface area contributed by atoms with Gasteiger partial charge >= 0.3 is 5.97 Å². The van der Waals surface area contributed by atoms with Crippen molar-refractivity contribution in [3.05, 3.63) is 59.7 Å². The number of rotatable bonds is 5. The predicted molar refractivity (Wildman–Crippen MR) is 107 cm³/mol. The Morgan fingerprint density at radius 3 is 2.68 bits per heavy atom. The Bertz CT molecular complexity index is 1160. The number of nitrogens with one attached hydrogen (secondary N) is 1. The number of halogens is 1. The molecule has 144 valence electrons. The summed E-state index contributed by atoms with van der Waals surface area (Å²) in [5.41, 5.74) is 5.08. The molecule has 0 fully saturated rings. The number of hydrogen-bond donors (Lipinski definition) is 1. The third-order valence-electron chi connectivity index (χ3n) is 5.11. The van der Waals surface area contributed by atoms with Gasteiger partial charge in [-0.2, -0.15) is 5.10 Å². The minimum absolute atomic E-state index is 0.210. The van der Waals surface area contributed by atoms with Gasteiger partial charge in [0, 0.05) is 28.6 Å². The van der Waals surface area contributed by atoms with Crippen molar-refractivity contribution >= 4 is 27.8 Å². The maximum absolute atomic E-state index is 13.5. The fraction of sp³-hybridized carbons (Fsp3) is 0.273. The van der Waals surface area contributed by atoms with Gasteiger partial charge < -0.3 is 9.30 Å². The Balaban J connectivity index is 2.02. The van der Waals surface area contributed by atoms with Gasteiger partial charge in [-0.15, -0.1) is 0 Å². The smallest absolute Gasteiger partial charge is 0.305 e. The number of esters is 1. The van der Waals surface area contributed by atoms with Crippen LogP contribution >= 0.6 is 0 Å². The van der Waals surface area contributed by atoms with Crippen molar-refractivity contribution in [1.82, 2.24) is 14.8 Å². The van der Waals surface area contributed by atoms with Crippen molar-refractivity contribution in [1.29, 1.82) is 0 Å². The van der Waals surface area contributed by atoms with Gasteiger partial charge in [-0.05, 0) is 54.3 Å². The van der Waals surface area contributed by atoms with Crippen LogP contribution in [0.3, 0.4) is 0 Å². The zero-order chi connectivity index (χ0) is 19.8. The highest BCUT2D eigenvalue weighted by atomic mass is 19.1. The highest BCUT2D eigenvalue weighted by molar-refractivity contribution is 5.98. The van der Waals surface area contributed by atoms with Crippen LogP contribution in [0.5, 0.6) is 0 Å². The predicted octanol–water partition coefficient (Wildman–Crippen LogP) is 4.87. The fourth-order valence-electron chi connectivity index (χ4n) is 3.88. The molecule has 0 atom stereocenters. The number of aromatic amines is 1. The van der Waals surface area contributed by atoms with Crippen LogP contribution in [0, 0.1) is 5.82 Å². The molecule has 0 bridgehead atoms. The van der Waals surface area contributed by atoms with E-state index in [-0.39, 0.29) is 17.7 Å². The summed E-state index contributed by atoms with van der Waals surface area (Å²) in [6.45, 7) is 4.26. The Kier molecular flexibility index (Phi) is 4.63. The molecule has 0 amide bonds. The summed E-state index contributed by atoms with van der Waals surface area (Å²) in [5.74, 6) is -0.295. The first-order valence-corrected chi connectivity index (χ1v) is 9.32. The second kappa shape index (κ2) is 7.11. The number of nitrogens with zero attached hydrogens (tertiary/aromatic N) is 2. The van der Waals surface area contributed by atoms with Gasteiger partial charge in [-0.3, -0.25) is 9.89 Å². The van der Waals surface area contributed by atoms with Crippen LogP contribution in [-0.4, -0.2) is 27.8 Å². The maximum atomic E-state index is 13.5. The van der Waals surface area contributed by atoms with Gasteiger partial charge in [0.15, 0.2) is 0 Å². The number of aryl methyl sites for hydroxylation is 1. The van der Waals surface area contributed by atoms with Crippen molar-refractivity contribution in [2.75, 3.05) is 7.11 Å². The van der Waals surface area contributed by atoms with Crippen LogP contribution in [-0.2, 0) is 16.0 Å². The molecule has 0 radical (unpaired) electrons. The molecule has 2 heterocycles. The summed E-state index contributed by atoms with van der Waals surface area (Å²) < 4.78 is 20.5. The van der Waals surface area contributed by atoms with Crippen molar-refractivity contribution < 1.29 is 13.9 Å². The first-order valence-electron chi connectivity index (χ1n) is 9.32. The lowest BCUT2D eigenvalue weighted by molar-refractivity contribution is -0.140. The van der Waals surface area contributed by atoms with Crippen LogP contribution in [0.15, 0.2) is 42.6 Å². The van der Waals surface area contributed by atoms with E-state index in [9.17, 15) is 9.18 Å². The second-order valence-corrected chi connectivity index (χ2v) is 7.23. The van der Waals surface area contributed by atoms with Gasteiger partial charge in [-0.25, -0.2) is 4.39 Å². The van der Waals surface area contributed by atoms with Crippen LogP contribution in [0.2, 0.25) is 0 Å². The van der Waals surface area contributed by atoms with E-state index in [2.05, 4.69) is 40.7 Å². The summed E-state index contributed by atoms with van der Waals surface area (Å²) in [4.78, 5) is 11.8. The first-order chi connectivity index (χ1) is 13.5. The van der Waals surface area contributed by atoms with Crippen LogP contribution in [0.4, 0.5) is 4.39 Å². The number of methoxy groups -OCH3 is 1. The Morgan fingerprint density at radius 2 is 2.00 bits per heavy atom. The van der Waals surface area contributed by atoms with Crippen LogP contribution in [0.1, 0.15) is 37.4 Å². The molecular formula is C22H22FN3O2. The van der Waals surface area contributed by atoms with E-state index in [1.165, 1.54) is 19.2 Å². The average molecular weight is 379 g/mol. The average Bonchev–Trinajstić information content (AvgIpc) is 3.26. The molecule has 0 saturated heterocycles. The molecule has 28 heavy (non-hydrogen) atoms. The second-order valence-electron chi connectivity index (χ2n) is 7.23. The van der Waals surface area contributed by atoms with Crippen LogP contribution < -0.4 is 0 Å². The molecular weight excluding hydrogens is 357 g/mol. The van der Waals surface area contributed by atoms with Crippen LogP contribution in [0.25, 0.3) is 27.5 Å². The number of carbonyl (C=O) groups is 1. The van der Waals surface area contributed by atoms with E-state index in [1.807, 2.05) is 0 Å². The molecule has 0 aliphatic heterocycles. The van der Waals surface area contributed by atoms with E-state index in [0.717, 1.165) is 38.8 Å². The number of benzene rings is 2. The van der Waals surface area contributed by atoms with Crippen molar-refractivity contribution in [3.63, 3.8) is 0 Å². The molecule has 4 aromatic rings. The molecule has 0 unspecified atom stereocenters. The fourth-order valence-corrected chi connectivity index (χ4v) is 3.88. The largest absolute Gasteiger partial charge is 0.469 e. The first kappa shape index (κ1) is 18.2. The third-order valence-corrected chi connectivity index (χ3v) is 5.11. The van der Waals surface area contributed by atoms with Crippen molar-refractivity contribution in [2.45, 2.75) is 32.6 Å². The number of carbonyl (C=O) groups excluding carboxylic acids is 1. The normalized spacial score (nSPS) is 11.6. The Labute approximate surface area is 162 Å². The summed E-state index contributed by atoms with van der Waals surface area (Å²) in [6.07, 6.45) is 2.67. The van der Waals surface area contributed by atoms with E-state index >= 15 is 0 Å². The Morgan fingerprint density at radius 1 is 1.25 bits per heavy atom. The topological polar surface area (TPSA) is 59.9 Å². The molecule has 2 aromatic heterocycles. The summed E-state index contributed by atoms with van der Waals surface area (Å²) in [5, 5.41) is 9.22. The van der Waals surface area contributed by atoms with Gasteiger partial charge in [-0.1, -0.05) is 13.8 Å². The zero-order valence-corrected chi connectivity index (χ0v) is 16.1. The SMILES string of the molecule is COC(=O)CCc1c(C(C)C)n(-c2ccc(F)cc2)c2cc3cn[nH]c3cc12. The quantitative estimate of drug-likeness (QED) is 0.503. The molecule has 1 N–H and O–H groups in total. The van der Waals surface area contributed by atoms with E-state index in [1.54, 1.807) is 18.3 Å². The van der Waals surface area contributed by atoms with E-state index in [0.29, 0.717) is 12.8 Å². The lowest BCUT2D eigenvalue weighted by Crippen LogP contribution is -2.07. The molecule has 0 aliphatic carbocycles. The van der Waals surface area contributed by atoms with E-state index < -0.39 is 0 Å². The maximum Gasteiger partial charge on any atom is 0.305 e. The van der Waals surface area contributed by atoms with Gasteiger partial charge in [0.1, 0.15) is 5.82 Å². The minimum atomic E-state index is -0.269.